The van der Waals surface area contributed by atoms with E-state index in [0.717, 1.165) is 11.8 Å². The highest BCUT2D eigenvalue weighted by molar-refractivity contribution is 7.99. The summed E-state index contributed by atoms with van der Waals surface area (Å²) in [5.41, 5.74) is 0.0984. The molecule has 0 saturated heterocycles. The number of hydrogen-bond acceptors (Lipinski definition) is 6. The molecule has 0 spiro atoms. The zero-order valence-corrected chi connectivity index (χ0v) is 15.0. The molecular weight excluding hydrogens is 376 g/mol. The van der Waals surface area contributed by atoms with Gasteiger partial charge in [-0.15, -0.1) is 10.2 Å². The summed E-state index contributed by atoms with van der Waals surface area (Å²) in [7, 11) is 0. The highest BCUT2D eigenvalue weighted by Gasteiger charge is 2.18. The van der Waals surface area contributed by atoms with Gasteiger partial charge in [-0.3, -0.25) is 4.79 Å². The Bertz CT molecular complexity index is 935. The molecule has 27 heavy (non-hydrogen) atoms. The summed E-state index contributed by atoms with van der Waals surface area (Å²) in [6, 6.07) is 11.8. The first-order chi connectivity index (χ1) is 13.0. The molecule has 0 aliphatic carbocycles. The van der Waals surface area contributed by atoms with Crippen LogP contribution in [0, 0.1) is 11.6 Å². The molecule has 1 amide bonds. The first kappa shape index (κ1) is 18.8. The van der Waals surface area contributed by atoms with Crippen molar-refractivity contribution in [1.82, 2.24) is 10.2 Å². The standard InChI is InChI=1S/C18H15F2N3O3S/c1-11(25-15-9-5-3-7-13(15)20)17-22-23-18(26-17)27-10-16(24)21-14-8-4-2-6-12(14)19/h2-9,11H,10H2,1H3,(H,21,24)/t11-/m0/s1. The summed E-state index contributed by atoms with van der Waals surface area (Å²) in [6.07, 6.45) is -0.670. The van der Waals surface area contributed by atoms with E-state index in [1.807, 2.05) is 0 Å². The molecule has 1 N–H and O–H groups in total. The van der Waals surface area contributed by atoms with Crippen LogP contribution in [0.5, 0.6) is 5.75 Å². The van der Waals surface area contributed by atoms with Gasteiger partial charge in [0, 0.05) is 0 Å². The molecule has 0 fully saturated rings. The normalized spacial score (nSPS) is 11.8. The third kappa shape index (κ3) is 5.04. The van der Waals surface area contributed by atoms with Crippen LogP contribution in [0.3, 0.4) is 0 Å². The minimum Gasteiger partial charge on any atom is -0.478 e. The zero-order chi connectivity index (χ0) is 19.2. The highest BCUT2D eigenvalue weighted by Crippen LogP contribution is 2.25. The summed E-state index contributed by atoms with van der Waals surface area (Å²) in [4.78, 5) is 11.9. The van der Waals surface area contributed by atoms with Gasteiger partial charge in [-0.2, -0.15) is 0 Å². The van der Waals surface area contributed by atoms with Gasteiger partial charge >= 0.3 is 0 Å². The van der Waals surface area contributed by atoms with E-state index in [1.165, 1.54) is 30.3 Å². The smallest absolute Gasteiger partial charge is 0.277 e. The summed E-state index contributed by atoms with van der Waals surface area (Å²) in [5, 5.41) is 10.3. The fourth-order valence-corrected chi connectivity index (χ4v) is 2.67. The van der Waals surface area contributed by atoms with Crippen LogP contribution in [0.25, 0.3) is 0 Å². The maximum atomic E-state index is 13.6. The number of rotatable bonds is 7. The first-order valence-electron chi connectivity index (χ1n) is 7.94. The third-order valence-corrected chi connectivity index (χ3v) is 4.20. The molecule has 1 heterocycles. The molecule has 1 atom stereocenters. The topological polar surface area (TPSA) is 77.2 Å². The van der Waals surface area contributed by atoms with Crippen molar-refractivity contribution in [2.24, 2.45) is 0 Å². The molecule has 140 valence electrons. The van der Waals surface area contributed by atoms with E-state index in [4.69, 9.17) is 9.15 Å². The van der Waals surface area contributed by atoms with Crippen LogP contribution < -0.4 is 10.1 Å². The number of nitrogens with one attached hydrogen (secondary N) is 1. The molecule has 0 aliphatic heterocycles. The van der Waals surface area contributed by atoms with Gasteiger partial charge in [0.15, 0.2) is 17.7 Å². The fraction of sp³-hybridized carbons (Fsp3) is 0.167. The van der Waals surface area contributed by atoms with Crippen LogP contribution in [0.4, 0.5) is 14.5 Å². The van der Waals surface area contributed by atoms with Crippen molar-refractivity contribution in [3.8, 4) is 5.75 Å². The van der Waals surface area contributed by atoms with E-state index in [-0.39, 0.29) is 28.3 Å². The van der Waals surface area contributed by atoms with Crippen molar-refractivity contribution >= 4 is 23.4 Å². The van der Waals surface area contributed by atoms with Gasteiger partial charge in [0.1, 0.15) is 5.82 Å². The minimum absolute atomic E-state index is 0.0431. The lowest BCUT2D eigenvalue weighted by Gasteiger charge is -2.11. The van der Waals surface area contributed by atoms with E-state index in [2.05, 4.69) is 15.5 Å². The zero-order valence-electron chi connectivity index (χ0n) is 14.2. The monoisotopic (exact) mass is 391 g/mol. The lowest BCUT2D eigenvalue weighted by molar-refractivity contribution is -0.113. The number of thioether (sulfide) groups is 1. The second-order valence-electron chi connectivity index (χ2n) is 5.41. The average Bonchev–Trinajstić information content (AvgIpc) is 3.13. The molecule has 9 heteroatoms. The van der Waals surface area contributed by atoms with Crippen LogP contribution in [-0.4, -0.2) is 21.9 Å². The van der Waals surface area contributed by atoms with Gasteiger partial charge in [0.05, 0.1) is 11.4 Å². The van der Waals surface area contributed by atoms with E-state index < -0.39 is 23.6 Å². The lowest BCUT2D eigenvalue weighted by atomic mass is 10.3. The Kier molecular flexibility index (Phi) is 6.02. The van der Waals surface area contributed by atoms with Crippen LogP contribution in [-0.2, 0) is 4.79 Å². The number of hydrogen-bond donors (Lipinski definition) is 1. The van der Waals surface area contributed by atoms with Crippen molar-refractivity contribution in [2.45, 2.75) is 18.3 Å². The molecule has 0 saturated carbocycles. The van der Waals surface area contributed by atoms with Gasteiger partial charge in [0.25, 0.3) is 11.1 Å². The van der Waals surface area contributed by atoms with Gasteiger partial charge in [0.2, 0.25) is 5.91 Å². The molecule has 3 aromatic rings. The van der Waals surface area contributed by atoms with Crippen molar-refractivity contribution in [3.05, 3.63) is 66.1 Å². The Balaban J connectivity index is 1.54. The maximum Gasteiger partial charge on any atom is 0.277 e. The molecule has 0 radical (unpaired) electrons. The Labute approximate surface area is 157 Å². The van der Waals surface area contributed by atoms with Crippen LogP contribution >= 0.6 is 11.8 Å². The Morgan fingerprint density at radius 2 is 1.85 bits per heavy atom. The van der Waals surface area contributed by atoms with Gasteiger partial charge < -0.3 is 14.5 Å². The molecule has 0 bridgehead atoms. The molecule has 6 nitrogen and oxygen atoms in total. The largest absolute Gasteiger partial charge is 0.478 e. The predicted octanol–water partition coefficient (Wildman–Crippen LogP) is 4.22. The highest BCUT2D eigenvalue weighted by atomic mass is 32.2. The number of aromatic nitrogens is 2. The molecule has 1 aromatic heterocycles. The lowest BCUT2D eigenvalue weighted by Crippen LogP contribution is -2.14. The number of benzene rings is 2. The van der Waals surface area contributed by atoms with Crippen LogP contribution in [0.15, 0.2) is 58.2 Å². The number of carbonyl (C=O) groups excluding carboxylic acids is 1. The van der Waals surface area contributed by atoms with Gasteiger partial charge in [-0.05, 0) is 31.2 Å². The van der Waals surface area contributed by atoms with E-state index in [1.54, 1.807) is 25.1 Å². The molecule has 3 rings (SSSR count). The summed E-state index contributed by atoms with van der Waals surface area (Å²) < 4.78 is 38.0. The average molecular weight is 391 g/mol. The number of halogens is 2. The fourth-order valence-electron chi connectivity index (χ4n) is 2.10. The maximum absolute atomic E-state index is 13.6. The van der Waals surface area contributed by atoms with Crippen molar-refractivity contribution < 1.29 is 22.7 Å². The predicted molar refractivity (Wildman–Crippen MR) is 95.5 cm³/mol. The quantitative estimate of drug-likeness (QED) is 0.608. The Hall–Kier alpha value is -2.94. The Morgan fingerprint density at radius 1 is 1.15 bits per heavy atom. The van der Waals surface area contributed by atoms with Crippen LogP contribution in [0.2, 0.25) is 0 Å². The van der Waals surface area contributed by atoms with E-state index >= 15 is 0 Å². The molecule has 0 aliphatic rings. The summed E-state index contributed by atoms with van der Waals surface area (Å²) in [6.45, 7) is 1.64. The first-order valence-corrected chi connectivity index (χ1v) is 8.93. The minimum atomic E-state index is -0.670. The second kappa shape index (κ2) is 8.63. The van der Waals surface area contributed by atoms with Gasteiger partial charge in [-0.25, -0.2) is 8.78 Å². The number of para-hydroxylation sites is 2. The van der Waals surface area contributed by atoms with Crippen molar-refractivity contribution in [3.63, 3.8) is 0 Å². The Morgan fingerprint density at radius 3 is 2.59 bits per heavy atom. The summed E-state index contributed by atoms with van der Waals surface area (Å²) >= 11 is 0.997. The number of nitrogens with zero attached hydrogens (tertiary/aromatic N) is 2. The number of ether oxygens (including phenoxy) is 1. The number of anilines is 1. The number of amides is 1. The third-order valence-electron chi connectivity index (χ3n) is 3.38. The van der Waals surface area contributed by atoms with E-state index in [0.29, 0.717) is 0 Å². The SMILES string of the molecule is C[C@H](Oc1ccccc1F)c1nnc(SCC(=O)Nc2ccccc2F)o1. The van der Waals surface area contributed by atoms with Crippen molar-refractivity contribution in [2.75, 3.05) is 11.1 Å². The van der Waals surface area contributed by atoms with Gasteiger partial charge in [-0.1, -0.05) is 36.0 Å². The number of carbonyl (C=O) groups is 1. The van der Waals surface area contributed by atoms with Crippen LogP contribution in [0.1, 0.15) is 18.9 Å². The summed E-state index contributed by atoms with van der Waals surface area (Å²) in [5.74, 6) is -1.26. The molecular formula is C18H15F2N3O3S. The van der Waals surface area contributed by atoms with E-state index in [9.17, 15) is 13.6 Å². The second-order valence-corrected chi connectivity index (χ2v) is 6.34. The molecule has 2 aromatic carbocycles. The molecule has 0 unspecified atom stereocenters. The van der Waals surface area contributed by atoms with Crippen molar-refractivity contribution in [1.29, 1.82) is 0 Å².